The first-order valence-electron chi connectivity index (χ1n) is 10.3. The number of thiophene rings is 1. The molecule has 4 heterocycles. The molecule has 0 amide bonds. The van der Waals surface area contributed by atoms with Crippen LogP contribution < -0.4 is 0 Å². The van der Waals surface area contributed by atoms with Crippen LogP contribution in [0.4, 0.5) is 0 Å². The summed E-state index contributed by atoms with van der Waals surface area (Å²) in [6.45, 7) is 7.50. The molecule has 5 rings (SSSR count). The lowest BCUT2D eigenvalue weighted by molar-refractivity contribution is 0.0830. The van der Waals surface area contributed by atoms with Gasteiger partial charge in [-0.3, -0.25) is 9.80 Å². The van der Waals surface area contributed by atoms with Gasteiger partial charge in [0.1, 0.15) is 5.76 Å². The van der Waals surface area contributed by atoms with E-state index < -0.39 is 0 Å². The van der Waals surface area contributed by atoms with Crippen LogP contribution in [-0.4, -0.2) is 40.5 Å². The Bertz CT molecular complexity index is 933. The van der Waals surface area contributed by atoms with Crippen LogP contribution in [0.3, 0.4) is 0 Å². The number of piperidine rings is 1. The van der Waals surface area contributed by atoms with Crippen molar-refractivity contribution in [1.82, 2.24) is 14.8 Å². The Morgan fingerprint density at radius 3 is 2.89 bits per heavy atom. The lowest BCUT2D eigenvalue weighted by Gasteiger charge is -2.41. The second kappa shape index (κ2) is 7.82. The topological polar surface area (TPSA) is 32.5 Å². The van der Waals surface area contributed by atoms with Crippen molar-refractivity contribution in [3.05, 3.63) is 64.4 Å². The van der Waals surface area contributed by atoms with Gasteiger partial charge in [0.05, 0.1) is 10.6 Å². The molecule has 1 atom stereocenters. The van der Waals surface area contributed by atoms with Gasteiger partial charge in [0.25, 0.3) is 0 Å². The van der Waals surface area contributed by atoms with Crippen LogP contribution in [0.2, 0.25) is 0 Å². The molecule has 2 aromatic heterocycles. The average molecular weight is 394 g/mol. The minimum atomic E-state index is 0.645. The predicted octanol–water partition coefficient (Wildman–Crippen LogP) is 4.73. The average Bonchev–Trinajstić information content (AvgIpc) is 3.38. The van der Waals surface area contributed by atoms with E-state index in [4.69, 9.17) is 9.40 Å². The molecule has 0 spiro atoms. The summed E-state index contributed by atoms with van der Waals surface area (Å²) in [5.74, 6) is 1.72. The van der Waals surface area contributed by atoms with Crippen LogP contribution in [0.15, 0.2) is 46.2 Å². The molecule has 1 fully saturated rings. The molecular formula is C23H27N3OS. The van der Waals surface area contributed by atoms with E-state index in [0.717, 1.165) is 48.4 Å². The molecule has 5 heteroatoms. The van der Waals surface area contributed by atoms with Gasteiger partial charge in [0, 0.05) is 32.2 Å². The summed E-state index contributed by atoms with van der Waals surface area (Å²) < 4.78 is 5.95. The van der Waals surface area contributed by atoms with Crippen LogP contribution in [0, 0.1) is 6.92 Å². The normalized spacial score (nSPS) is 21.0. The highest BCUT2D eigenvalue weighted by Gasteiger charge is 2.28. The van der Waals surface area contributed by atoms with Crippen molar-refractivity contribution in [2.24, 2.45) is 0 Å². The van der Waals surface area contributed by atoms with E-state index in [-0.39, 0.29) is 0 Å². The van der Waals surface area contributed by atoms with E-state index >= 15 is 0 Å². The monoisotopic (exact) mass is 393 g/mol. The van der Waals surface area contributed by atoms with Gasteiger partial charge in [-0.25, -0.2) is 4.98 Å². The number of fused-ring (bicyclic) bond motifs is 1. The molecule has 146 valence electrons. The molecule has 1 unspecified atom stereocenters. The first kappa shape index (κ1) is 18.1. The first-order chi connectivity index (χ1) is 13.8. The zero-order valence-corrected chi connectivity index (χ0v) is 17.3. The highest BCUT2D eigenvalue weighted by molar-refractivity contribution is 7.13. The minimum Gasteiger partial charge on any atom is -0.440 e. The standard InChI is InChI=1S/C23H27N3OS/c1-17-21(24-23(27-17)22-9-5-13-28-22)16-25-11-4-8-20(15-25)26-12-10-18-6-2-3-7-19(18)14-26/h2-3,5-7,9,13,20H,4,8,10-12,14-16H2,1H3. The number of nitrogens with zero attached hydrogens (tertiary/aromatic N) is 3. The van der Waals surface area contributed by atoms with Crippen molar-refractivity contribution in [2.45, 2.75) is 45.3 Å². The zero-order valence-electron chi connectivity index (χ0n) is 16.4. The van der Waals surface area contributed by atoms with E-state index in [0.29, 0.717) is 6.04 Å². The Balaban J connectivity index is 1.25. The summed E-state index contributed by atoms with van der Waals surface area (Å²) in [4.78, 5) is 11.2. The van der Waals surface area contributed by atoms with Crippen LogP contribution in [0.1, 0.15) is 35.4 Å². The van der Waals surface area contributed by atoms with Crippen LogP contribution in [0.25, 0.3) is 10.8 Å². The number of oxazole rings is 1. The summed E-state index contributed by atoms with van der Waals surface area (Å²) in [6.07, 6.45) is 3.74. The summed E-state index contributed by atoms with van der Waals surface area (Å²) >= 11 is 1.68. The third-order valence-electron chi connectivity index (χ3n) is 6.16. The third kappa shape index (κ3) is 3.66. The Labute approximate surface area is 170 Å². The maximum Gasteiger partial charge on any atom is 0.236 e. The molecule has 0 aliphatic carbocycles. The van der Waals surface area contributed by atoms with Gasteiger partial charge < -0.3 is 4.42 Å². The number of aryl methyl sites for hydroxylation is 1. The summed E-state index contributed by atoms with van der Waals surface area (Å²) in [5.41, 5.74) is 4.14. The van der Waals surface area contributed by atoms with Crippen molar-refractivity contribution in [1.29, 1.82) is 0 Å². The maximum atomic E-state index is 5.95. The lowest BCUT2D eigenvalue weighted by Crippen LogP contribution is -2.49. The van der Waals surface area contributed by atoms with E-state index in [1.807, 2.05) is 13.0 Å². The minimum absolute atomic E-state index is 0.645. The molecule has 0 saturated carbocycles. The van der Waals surface area contributed by atoms with E-state index in [1.54, 1.807) is 11.3 Å². The SMILES string of the molecule is Cc1oc(-c2cccs2)nc1CN1CCCC(N2CCc3ccccc3C2)C1. The van der Waals surface area contributed by atoms with Crippen molar-refractivity contribution >= 4 is 11.3 Å². The fourth-order valence-corrected chi connectivity index (χ4v) is 5.24. The number of hydrogen-bond donors (Lipinski definition) is 0. The predicted molar refractivity (Wildman–Crippen MR) is 113 cm³/mol. The number of benzene rings is 1. The Kier molecular flexibility index (Phi) is 5.05. The third-order valence-corrected chi connectivity index (χ3v) is 7.01. The van der Waals surface area contributed by atoms with E-state index in [9.17, 15) is 0 Å². The number of rotatable bonds is 4. The molecule has 1 aromatic carbocycles. The van der Waals surface area contributed by atoms with Gasteiger partial charge in [0.2, 0.25) is 5.89 Å². The number of likely N-dealkylation sites (tertiary alicyclic amines) is 1. The van der Waals surface area contributed by atoms with Crippen molar-refractivity contribution in [2.75, 3.05) is 19.6 Å². The molecule has 1 saturated heterocycles. The summed E-state index contributed by atoms with van der Waals surface area (Å²) in [5, 5.41) is 2.07. The van der Waals surface area contributed by atoms with Crippen LogP contribution in [-0.2, 0) is 19.5 Å². The fourth-order valence-electron chi connectivity index (χ4n) is 4.59. The molecule has 0 radical (unpaired) electrons. The van der Waals surface area contributed by atoms with Crippen LogP contribution >= 0.6 is 11.3 Å². The molecule has 2 aliphatic heterocycles. The summed E-state index contributed by atoms with van der Waals surface area (Å²) in [6, 6.07) is 13.7. The van der Waals surface area contributed by atoms with Gasteiger partial charge >= 0.3 is 0 Å². The molecule has 0 bridgehead atoms. The Morgan fingerprint density at radius 2 is 2.04 bits per heavy atom. The Hall–Kier alpha value is -1.95. The van der Waals surface area contributed by atoms with E-state index in [2.05, 4.69) is 45.5 Å². The van der Waals surface area contributed by atoms with Gasteiger partial charge in [-0.2, -0.15) is 0 Å². The molecule has 3 aromatic rings. The van der Waals surface area contributed by atoms with Gasteiger partial charge in [-0.1, -0.05) is 30.3 Å². The van der Waals surface area contributed by atoms with E-state index in [1.165, 1.54) is 36.9 Å². The fraction of sp³-hybridized carbons (Fsp3) is 0.435. The molecule has 4 nitrogen and oxygen atoms in total. The summed E-state index contributed by atoms with van der Waals surface area (Å²) in [7, 11) is 0. The van der Waals surface area contributed by atoms with Crippen molar-refractivity contribution < 1.29 is 4.42 Å². The highest BCUT2D eigenvalue weighted by Crippen LogP contribution is 2.28. The molecule has 2 aliphatic rings. The van der Waals surface area contributed by atoms with Gasteiger partial charge in [-0.05, 0) is 55.3 Å². The smallest absolute Gasteiger partial charge is 0.236 e. The van der Waals surface area contributed by atoms with Gasteiger partial charge in [-0.15, -0.1) is 11.3 Å². The lowest BCUT2D eigenvalue weighted by atomic mass is 9.96. The van der Waals surface area contributed by atoms with Gasteiger partial charge in [0.15, 0.2) is 0 Å². The van der Waals surface area contributed by atoms with Crippen molar-refractivity contribution in [3.8, 4) is 10.8 Å². The molecule has 28 heavy (non-hydrogen) atoms. The van der Waals surface area contributed by atoms with Crippen LogP contribution in [0.5, 0.6) is 0 Å². The number of aromatic nitrogens is 1. The highest BCUT2D eigenvalue weighted by atomic mass is 32.1. The first-order valence-corrected chi connectivity index (χ1v) is 11.2. The zero-order chi connectivity index (χ0) is 18.9. The largest absolute Gasteiger partial charge is 0.440 e. The van der Waals surface area contributed by atoms with Crippen molar-refractivity contribution in [3.63, 3.8) is 0 Å². The second-order valence-corrected chi connectivity index (χ2v) is 8.97. The molecular weight excluding hydrogens is 366 g/mol. The second-order valence-electron chi connectivity index (χ2n) is 8.02. The number of hydrogen-bond acceptors (Lipinski definition) is 5. The molecule has 0 N–H and O–H groups in total. The quantitative estimate of drug-likeness (QED) is 0.641. The Morgan fingerprint density at radius 1 is 1.14 bits per heavy atom. The maximum absolute atomic E-state index is 5.95.